The van der Waals surface area contributed by atoms with E-state index in [9.17, 15) is 18.0 Å². The highest BCUT2D eigenvalue weighted by Crippen LogP contribution is 2.20. The number of aryl methyl sites for hydroxylation is 2. The maximum atomic E-state index is 12.7. The summed E-state index contributed by atoms with van der Waals surface area (Å²) in [6, 6.07) is 11.6. The van der Waals surface area contributed by atoms with E-state index in [1.54, 1.807) is 39.0 Å². The van der Waals surface area contributed by atoms with Crippen LogP contribution in [0.3, 0.4) is 0 Å². The van der Waals surface area contributed by atoms with Gasteiger partial charge in [0.2, 0.25) is 10.0 Å². The molecule has 0 bridgehead atoms. The molecule has 2 rings (SSSR count). The average Bonchev–Trinajstić information content (AvgIpc) is 2.69. The summed E-state index contributed by atoms with van der Waals surface area (Å²) in [5.41, 5.74) is 2.20. The lowest BCUT2D eigenvalue weighted by Gasteiger charge is -2.19. The van der Waals surface area contributed by atoms with Crippen molar-refractivity contribution in [3.05, 3.63) is 59.2 Å². The Labute approximate surface area is 171 Å². The van der Waals surface area contributed by atoms with Gasteiger partial charge in [0.05, 0.1) is 10.5 Å². The highest BCUT2D eigenvalue weighted by molar-refractivity contribution is 7.89. The number of nitrogens with zero attached hydrogens (tertiary/aromatic N) is 1. The second kappa shape index (κ2) is 9.67. The van der Waals surface area contributed by atoms with Crippen LogP contribution in [0.15, 0.2) is 47.4 Å². The van der Waals surface area contributed by atoms with Crippen LogP contribution in [-0.4, -0.2) is 44.3 Å². The number of hydrogen-bond acceptors (Lipinski definition) is 5. The molecule has 0 atom stereocenters. The predicted molar refractivity (Wildman–Crippen MR) is 111 cm³/mol. The number of anilines is 1. The number of hydrogen-bond donors (Lipinski definition) is 1. The van der Waals surface area contributed by atoms with E-state index in [4.69, 9.17) is 4.74 Å². The Kier molecular flexibility index (Phi) is 7.53. The zero-order valence-electron chi connectivity index (χ0n) is 17.1. The fourth-order valence-corrected chi connectivity index (χ4v) is 4.29. The van der Waals surface area contributed by atoms with E-state index < -0.39 is 28.5 Å². The number of nitrogens with one attached hydrogen (secondary N) is 1. The standard InChI is InChI=1S/C21H26N2O5S/c1-5-23(6-2)29(26,27)17-12-11-15(3)18(13-17)21(25)28-14-20(24)22-19-10-8-7-9-16(19)4/h7-13H,5-6,14H2,1-4H3,(H,22,24). The third kappa shape index (κ3) is 5.42. The van der Waals surface area contributed by atoms with Gasteiger partial charge in [0.25, 0.3) is 5.91 Å². The monoisotopic (exact) mass is 418 g/mol. The Morgan fingerprint density at radius 2 is 1.66 bits per heavy atom. The zero-order chi connectivity index (χ0) is 21.6. The van der Waals surface area contributed by atoms with Crippen LogP contribution >= 0.6 is 0 Å². The van der Waals surface area contributed by atoms with Gasteiger partial charge in [0.15, 0.2) is 6.61 Å². The molecule has 2 aromatic rings. The fraction of sp³-hybridized carbons (Fsp3) is 0.333. The number of para-hydroxylation sites is 1. The first-order valence-electron chi connectivity index (χ1n) is 9.34. The first-order valence-corrected chi connectivity index (χ1v) is 10.8. The van der Waals surface area contributed by atoms with Crippen molar-refractivity contribution in [1.29, 1.82) is 0 Å². The van der Waals surface area contributed by atoms with Gasteiger partial charge in [0, 0.05) is 18.8 Å². The van der Waals surface area contributed by atoms with E-state index in [-0.39, 0.29) is 10.5 Å². The molecule has 1 amide bonds. The average molecular weight is 419 g/mol. The number of benzene rings is 2. The zero-order valence-corrected chi connectivity index (χ0v) is 17.9. The molecule has 0 fully saturated rings. The van der Waals surface area contributed by atoms with Gasteiger partial charge < -0.3 is 10.1 Å². The normalized spacial score (nSPS) is 11.3. The quantitative estimate of drug-likeness (QED) is 0.665. The van der Waals surface area contributed by atoms with Crippen molar-refractivity contribution in [3.8, 4) is 0 Å². The minimum Gasteiger partial charge on any atom is -0.452 e. The number of amides is 1. The van der Waals surface area contributed by atoms with E-state index >= 15 is 0 Å². The van der Waals surface area contributed by atoms with Crippen LogP contribution in [0, 0.1) is 13.8 Å². The van der Waals surface area contributed by atoms with Crippen molar-refractivity contribution in [3.63, 3.8) is 0 Å². The molecule has 0 aliphatic heterocycles. The van der Waals surface area contributed by atoms with E-state index in [0.29, 0.717) is 24.3 Å². The number of esters is 1. The first kappa shape index (κ1) is 22.6. The molecule has 0 aromatic heterocycles. The van der Waals surface area contributed by atoms with E-state index in [1.165, 1.54) is 16.4 Å². The van der Waals surface area contributed by atoms with E-state index in [2.05, 4.69) is 5.32 Å². The Balaban J connectivity index is 2.13. The lowest BCUT2D eigenvalue weighted by atomic mass is 10.1. The fourth-order valence-electron chi connectivity index (χ4n) is 2.80. The molecular formula is C21H26N2O5S. The van der Waals surface area contributed by atoms with Crippen molar-refractivity contribution >= 4 is 27.6 Å². The summed E-state index contributed by atoms with van der Waals surface area (Å²) in [4.78, 5) is 24.6. The maximum Gasteiger partial charge on any atom is 0.338 e. The van der Waals surface area contributed by atoms with Crippen molar-refractivity contribution in [2.75, 3.05) is 25.0 Å². The Bertz CT molecular complexity index is 998. The Hall–Kier alpha value is -2.71. The number of rotatable bonds is 8. The van der Waals surface area contributed by atoms with Crippen molar-refractivity contribution in [2.45, 2.75) is 32.6 Å². The second-order valence-electron chi connectivity index (χ2n) is 6.51. The van der Waals surface area contributed by atoms with Crippen LogP contribution in [0.25, 0.3) is 0 Å². The Morgan fingerprint density at radius 3 is 2.28 bits per heavy atom. The molecule has 0 spiro atoms. The van der Waals surface area contributed by atoms with Crippen LogP contribution in [0.5, 0.6) is 0 Å². The van der Waals surface area contributed by atoms with Crippen LogP contribution in [0.1, 0.15) is 35.3 Å². The number of carbonyl (C=O) groups is 2. The summed E-state index contributed by atoms with van der Waals surface area (Å²) in [5.74, 6) is -1.23. The molecule has 1 N–H and O–H groups in total. The highest BCUT2D eigenvalue weighted by Gasteiger charge is 2.24. The topological polar surface area (TPSA) is 92.8 Å². The molecule has 0 radical (unpaired) electrons. The maximum absolute atomic E-state index is 12.7. The molecule has 8 heteroatoms. The largest absolute Gasteiger partial charge is 0.452 e. The molecule has 0 saturated carbocycles. The number of ether oxygens (including phenoxy) is 1. The van der Waals surface area contributed by atoms with E-state index in [0.717, 1.165) is 5.56 Å². The van der Waals surface area contributed by atoms with Gasteiger partial charge in [-0.05, 0) is 43.2 Å². The number of sulfonamides is 1. The summed E-state index contributed by atoms with van der Waals surface area (Å²) in [5, 5.41) is 2.68. The number of carbonyl (C=O) groups excluding carboxylic acids is 2. The van der Waals surface area contributed by atoms with Gasteiger partial charge in [0.1, 0.15) is 0 Å². The lowest BCUT2D eigenvalue weighted by Crippen LogP contribution is -2.30. The minimum atomic E-state index is -3.70. The first-order chi connectivity index (χ1) is 13.7. The van der Waals surface area contributed by atoms with Crippen LogP contribution in [0.2, 0.25) is 0 Å². The molecule has 0 saturated heterocycles. The molecule has 156 valence electrons. The van der Waals surface area contributed by atoms with Gasteiger partial charge in [-0.2, -0.15) is 4.31 Å². The summed E-state index contributed by atoms with van der Waals surface area (Å²) in [6.45, 7) is 7.20. The van der Waals surface area contributed by atoms with Crippen molar-refractivity contribution in [1.82, 2.24) is 4.31 Å². The summed E-state index contributed by atoms with van der Waals surface area (Å²) in [7, 11) is -3.70. The van der Waals surface area contributed by atoms with Crippen LogP contribution < -0.4 is 5.32 Å². The lowest BCUT2D eigenvalue weighted by molar-refractivity contribution is -0.119. The van der Waals surface area contributed by atoms with Gasteiger partial charge in [-0.1, -0.05) is 38.1 Å². The molecule has 0 aliphatic rings. The minimum absolute atomic E-state index is 0.0168. The third-order valence-corrected chi connectivity index (χ3v) is 6.57. The van der Waals surface area contributed by atoms with Gasteiger partial charge in [-0.25, -0.2) is 13.2 Å². The molecule has 2 aromatic carbocycles. The summed E-state index contributed by atoms with van der Waals surface area (Å²) >= 11 is 0. The van der Waals surface area contributed by atoms with Crippen LogP contribution in [0.4, 0.5) is 5.69 Å². The summed E-state index contributed by atoms with van der Waals surface area (Å²) in [6.07, 6.45) is 0. The van der Waals surface area contributed by atoms with Gasteiger partial charge in [-0.3, -0.25) is 4.79 Å². The van der Waals surface area contributed by atoms with Gasteiger partial charge in [-0.15, -0.1) is 0 Å². The SMILES string of the molecule is CCN(CC)S(=O)(=O)c1ccc(C)c(C(=O)OCC(=O)Nc2ccccc2C)c1. The molecule has 7 nitrogen and oxygen atoms in total. The van der Waals surface area contributed by atoms with Crippen LogP contribution in [-0.2, 0) is 19.6 Å². The smallest absolute Gasteiger partial charge is 0.338 e. The Morgan fingerprint density at radius 1 is 1.00 bits per heavy atom. The summed E-state index contributed by atoms with van der Waals surface area (Å²) < 4.78 is 31.8. The highest BCUT2D eigenvalue weighted by atomic mass is 32.2. The van der Waals surface area contributed by atoms with Crippen molar-refractivity contribution in [2.24, 2.45) is 0 Å². The van der Waals surface area contributed by atoms with E-state index in [1.807, 2.05) is 19.1 Å². The molecule has 0 heterocycles. The molecular weight excluding hydrogens is 392 g/mol. The molecule has 0 unspecified atom stereocenters. The molecule has 29 heavy (non-hydrogen) atoms. The third-order valence-electron chi connectivity index (χ3n) is 4.53. The second-order valence-corrected chi connectivity index (χ2v) is 8.44. The van der Waals surface area contributed by atoms with Gasteiger partial charge >= 0.3 is 5.97 Å². The predicted octanol–water partition coefficient (Wildman–Crippen LogP) is 3.13. The molecule has 0 aliphatic carbocycles. The van der Waals surface area contributed by atoms with Crippen molar-refractivity contribution < 1.29 is 22.7 Å².